The van der Waals surface area contributed by atoms with Crippen LogP contribution in [0.1, 0.15) is 24.2 Å². The zero-order chi connectivity index (χ0) is 23.6. The van der Waals surface area contributed by atoms with E-state index in [2.05, 4.69) is 15.4 Å². The molecule has 172 valence electrons. The molecule has 1 saturated heterocycles. The number of thioether (sulfide) groups is 1. The minimum Gasteiger partial charge on any atom is -0.480 e. The Hall–Kier alpha value is -2.95. The van der Waals surface area contributed by atoms with Gasteiger partial charge in [0.05, 0.1) is 6.54 Å². The van der Waals surface area contributed by atoms with E-state index in [-0.39, 0.29) is 17.7 Å². The van der Waals surface area contributed by atoms with Crippen LogP contribution in [0.2, 0.25) is 5.02 Å². The monoisotopic (exact) mass is 490 g/mol. The zero-order valence-electron chi connectivity index (χ0n) is 17.4. The highest BCUT2D eigenvalue weighted by molar-refractivity contribution is 7.99. The maximum atomic E-state index is 13.5. The number of carboxylic acid groups (broad SMARTS) is 1. The number of aromatic nitrogens is 3. The van der Waals surface area contributed by atoms with Crippen LogP contribution in [0.4, 0.5) is 4.39 Å². The normalized spacial score (nSPS) is 20.3. The van der Waals surface area contributed by atoms with Crippen LogP contribution in [0.25, 0.3) is 0 Å². The van der Waals surface area contributed by atoms with Gasteiger partial charge in [0.2, 0.25) is 5.91 Å². The first-order chi connectivity index (χ1) is 15.8. The quantitative estimate of drug-likeness (QED) is 0.349. The number of aliphatic carboxylic acids is 1. The van der Waals surface area contributed by atoms with Crippen LogP contribution in [-0.4, -0.2) is 43.5 Å². The summed E-state index contributed by atoms with van der Waals surface area (Å²) in [5, 5.41) is 16.3. The molecule has 11 heteroatoms. The summed E-state index contributed by atoms with van der Waals surface area (Å²) in [6, 6.07) is 10.5. The van der Waals surface area contributed by atoms with E-state index in [1.165, 1.54) is 37.1 Å². The molecule has 4 rings (SSSR count). The Morgan fingerprint density at radius 1 is 1.33 bits per heavy atom. The molecule has 8 nitrogen and oxygen atoms in total. The smallest absolute Gasteiger partial charge is 0.327 e. The fraction of sp³-hybridized carbons (Fsp3) is 0.273. The lowest BCUT2D eigenvalue weighted by atomic mass is 9.91. The number of carbonyl (C=O) groups is 2. The number of carboxylic acids is 1. The summed E-state index contributed by atoms with van der Waals surface area (Å²) in [6.07, 6.45) is 2.63. The van der Waals surface area contributed by atoms with Crippen molar-refractivity contribution in [3.05, 3.63) is 77.1 Å². The van der Waals surface area contributed by atoms with Gasteiger partial charge in [0, 0.05) is 28.2 Å². The van der Waals surface area contributed by atoms with Gasteiger partial charge in [0.15, 0.2) is 0 Å². The SMILES string of the molecule is CC(=O)N[C@@H](CSc1ccc(C2OC2(Cn2cncn2)c2ccc(F)cc2)c(Cl)c1)C(=O)O. The molecule has 2 aromatic carbocycles. The number of epoxide rings is 1. The third-order valence-electron chi connectivity index (χ3n) is 5.24. The minimum atomic E-state index is -1.11. The molecule has 2 unspecified atom stereocenters. The van der Waals surface area contributed by atoms with Crippen molar-refractivity contribution >= 4 is 35.2 Å². The Kier molecular flexibility index (Phi) is 6.68. The molecule has 0 bridgehead atoms. The summed E-state index contributed by atoms with van der Waals surface area (Å²) in [7, 11) is 0. The number of hydrogen-bond donors (Lipinski definition) is 2. The Morgan fingerprint density at radius 2 is 2.09 bits per heavy atom. The van der Waals surface area contributed by atoms with Crippen LogP contribution in [0, 0.1) is 5.82 Å². The van der Waals surface area contributed by atoms with Crippen molar-refractivity contribution in [2.45, 2.75) is 36.1 Å². The molecule has 1 aliphatic heterocycles. The second kappa shape index (κ2) is 9.50. The Balaban J connectivity index is 1.54. The van der Waals surface area contributed by atoms with Gasteiger partial charge in [-0.25, -0.2) is 18.9 Å². The molecule has 1 fully saturated rings. The topological polar surface area (TPSA) is 110 Å². The molecule has 3 atom stereocenters. The number of rotatable bonds is 9. The van der Waals surface area contributed by atoms with Gasteiger partial charge in [0.1, 0.15) is 36.2 Å². The Labute approximate surface area is 198 Å². The first-order valence-electron chi connectivity index (χ1n) is 9.97. The van der Waals surface area contributed by atoms with Crippen LogP contribution in [0.5, 0.6) is 0 Å². The molecule has 1 aromatic heterocycles. The standard InChI is InChI=1S/C22H20ClFN4O4S/c1-13(29)27-19(21(30)31)9-33-16-6-7-17(18(23)8-16)20-22(32-20,10-28-12-25-11-26-28)14-2-4-15(24)5-3-14/h2-8,11-12,19-20H,9-10H2,1H3,(H,27,29)(H,30,31)/t19-,20?,22?/m0/s1. The van der Waals surface area contributed by atoms with Gasteiger partial charge in [-0.3, -0.25) is 4.79 Å². The number of carbonyl (C=O) groups excluding carboxylic acids is 1. The van der Waals surface area contributed by atoms with E-state index in [9.17, 15) is 19.1 Å². The van der Waals surface area contributed by atoms with Crippen LogP contribution in [0.15, 0.2) is 60.0 Å². The highest BCUT2D eigenvalue weighted by Gasteiger charge is 2.59. The molecule has 3 aromatic rings. The van der Waals surface area contributed by atoms with Gasteiger partial charge in [-0.1, -0.05) is 29.8 Å². The van der Waals surface area contributed by atoms with Crippen molar-refractivity contribution in [2.75, 3.05) is 5.75 Å². The van der Waals surface area contributed by atoms with Crippen molar-refractivity contribution in [2.24, 2.45) is 0 Å². The van der Waals surface area contributed by atoms with Gasteiger partial charge in [0.25, 0.3) is 0 Å². The maximum absolute atomic E-state index is 13.5. The molecule has 0 radical (unpaired) electrons. The summed E-state index contributed by atoms with van der Waals surface area (Å²) in [4.78, 5) is 27.3. The molecule has 2 N–H and O–H groups in total. The lowest BCUT2D eigenvalue weighted by Crippen LogP contribution is -2.41. The number of nitrogens with one attached hydrogen (secondary N) is 1. The van der Waals surface area contributed by atoms with Crippen LogP contribution < -0.4 is 5.32 Å². The van der Waals surface area contributed by atoms with Gasteiger partial charge in [-0.05, 0) is 29.8 Å². The Bertz CT molecular complexity index is 1160. The van der Waals surface area contributed by atoms with Crippen LogP contribution in [-0.2, 0) is 26.5 Å². The summed E-state index contributed by atoms with van der Waals surface area (Å²) in [5.41, 5.74) is 0.764. The predicted molar refractivity (Wildman–Crippen MR) is 119 cm³/mol. The van der Waals surface area contributed by atoms with E-state index in [1.807, 2.05) is 12.1 Å². The number of amides is 1. The third-order valence-corrected chi connectivity index (χ3v) is 6.65. The predicted octanol–water partition coefficient (Wildman–Crippen LogP) is 3.42. The average molecular weight is 491 g/mol. The van der Waals surface area contributed by atoms with Gasteiger partial charge in [-0.15, -0.1) is 11.8 Å². The number of halogens is 2. The lowest BCUT2D eigenvalue weighted by Gasteiger charge is -2.15. The number of ether oxygens (including phenoxy) is 1. The largest absolute Gasteiger partial charge is 0.480 e. The first kappa shape index (κ1) is 23.2. The average Bonchev–Trinajstić information content (AvgIpc) is 3.23. The van der Waals surface area contributed by atoms with E-state index in [0.29, 0.717) is 11.6 Å². The first-order valence-corrected chi connectivity index (χ1v) is 11.3. The van der Waals surface area contributed by atoms with Crippen molar-refractivity contribution in [1.82, 2.24) is 20.1 Å². The molecule has 1 amide bonds. The van der Waals surface area contributed by atoms with Crippen molar-refractivity contribution in [1.29, 1.82) is 0 Å². The van der Waals surface area contributed by atoms with Crippen molar-refractivity contribution in [3.8, 4) is 0 Å². The highest BCUT2D eigenvalue weighted by atomic mass is 35.5. The number of nitrogens with zero attached hydrogens (tertiary/aromatic N) is 3. The third kappa shape index (κ3) is 5.18. The second-order valence-electron chi connectivity index (χ2n) is 7.57. The molecule has 2 heterocycles. The second-order valence-corrected chi connectivity index (χ2v) is 9.07. The van der Waals surface area contributed by atoms with E-state index < -0.39 is 23.5 Å². The van der Waals surface area contributed by atoms with E-state index in [1.54, 1.807) is 29.2 Å². The summed E-state index contributed by atoms with van der Waals surface area (Å²) in [6.45, 7) is 1.64. The minimum absolute atomic E-state index is 0.149. The summed E-state index contributed by atoms with van der Waals surface area (Å²) in [5.74, 6) is -1.71. The summed E-state index contributed by atoms with van der Waals surface area (Å²) < 4.78 is 21.3. The molecule has 0 aliphatic carbocycles. The zero-order valence-corrected chi connectivity index (χ0v) is 19.0. The summed E-state index contributed by atoms with van der Waals surface area (Å²) >= 11 is 7.84. The van der Waals surface area contributed by atoms with E-state index >= 15 is 0 Å². The van der Waals surface area contributed by atoms with Gasteiger partial charge in [-0.2, -0.15) is 5.10 Å². The molecule has 33 heavy (non-hydrogen) atoms. The van der Waals surface area contributed by atoms with Crippen LogP contribution in [0.3, 0.4) is 0 Å². The maximum Gasteiger partial charge on any atom is 0.327 e. The molecular formula is C22H20ClFN4O4S. The number of benzene rings is 2. The van der Waals surface area contributed by atoms with E-state index in [4.69, 9.17) is 16.3 Å². The van der Waals surface area contributed by atoms with Crippen molar-refractivity contribution in [3.63, 3.8) is 0 Å². The molecular weight excluding hydrogens is 471 g/mol. The molecule has 0 saturated carbocycles. The van der Waals surface area contributed by atoms with E-state index in [0.717, 1.165) is 16.0 Å². The fourth-order valence-electron chi connectivity index (χ4n) is 3.62. The van der Waals surface area contributed by atoms with Gasteiger partial charge < -0.3 is 15.2 Å². The lowest BCUT2D eigenvalue weighted by molar-refractivity contribution is -0.140. The van der Waals surface area contributed by atoms with Crippen molar-refractivity contribution < 1.29 is 23.8 Å². The van der Waals surface area contributed by atoms with Gasteiger partial charge >= 0.3 is 5.97 Å². The fourth-order valence-corrected chi connectivity index (χ4v) is 4.91. The Morgan fingerprint density at radius 3 is 2.70 bits per heavy atom. The number of hydrogen-bond acceptors (Lipinski definition) is 6. The van der Waals surface area contributed by atoms with Crippen LogP contribution >= 0.6 is 23.4 Å². The molecule has 0 spiro atoms. The highest BCUT2D eigenvalue weighted by Crippen LogP contribution is 2.59. The molecule has 1 aliphatic rings.